The minimum absolute atomic E-state index is 0.488. The quantitative estimate of drug-likeness (QED) is 0.0896. The summed E-state index contributed by atoms with van der Waals surface area (Å²) in [6, 6.07) is 0.637. The van der Waals surface area contributed by atoms with Gasteiger partial charge in [0.15, 0.2) is 0 Å². The van der Waals surface area contributed by atoms with Gasteiger partial charge in [-0.05, 0) is 25.7 Å². The smallest absolute Gasteiger partial charge is 0.107 e. The molecule has 0 saturated carbocycles. The molecule has 1 N–H and O–H groups in total. The van der Waals surface area contributed by atoms with Crippen molar-refractivity contribution in [1.29, 1.82) is 0 Å². The topological polar surface area (TPSA) is 58.2 Å². The first-order valence-electron chi connectivity index (χ1n) is 15.4. The summed E-state index contributed by atoms with van der Waals surface area (Å²) in [5, 5.41) is 3.67. The minimum Gasteiger partial charge on any atom is -0.378 e. The van der Waals surface area contributed by atoms with Crippen LogP contribution >= 0.6 is 0 Å². The Balaban J connectivity index is 3.41. The van der Waals surface area contributed by atoms with Gasteiger partial charge in [-0.25, -0.2) is 0 Å². The molecule has 6 heteroatoms. The van der Waals surface area contributed by atoms with Crippen molar-refractivity contribution in [2.45, 2.75) is 111 Å². The highest BCUT2D eigenvalue weighted by molar-refractivity contribution is 5.03. The highest BCUT2D eigenvalue weighted by Crippen LogP contribution is 2.13. The standard InChI is InChI=1S/C31H61NO5/c1-5-9-12-18-31(17-11-7-3)32-19-21-34-23-25-36-27-29-37-28-26-35-24-22-33-20-13-16-30(14-8-4)15-10-6-2/h30-32H,5-12,14-15,17-29H2,1-4H3. The van der Waals surface area contributed by atoms with Crippen molar-refractivity contribution < 1.29 is 23.7 Å². The van der Waals surface area contributed by atoms with E-state index in [2.05, 4.69) is 44.9 Å². The number of hydrogen-bond donors (Lipinski definition) is 1. The van der Waals surface area contributed by atoms with Gasteiger partial charge in [0.25, 0.3) is 0 Å². The molecule has 6 nitrogen and oxygen atoms in total. The monoisotopic (exact) mass is 527 g/mol. The zero-order valence-electron chi connectivity index (χ0n) is 25.0. The maximum atomic E-state index is 5.69. The molecule has 0 aliphatic rings. The summed E-state index contributed by atoms with van der Waals surface area (Å²) in [5.41, 5.74) is 0. The Labute approximate surface area is 230 Å². The number of hydrogen-bond acceptors (Lipinski definition) is 6. The summed E-state index contributed by atoms with van der Waals surface area (Å²) in [6.07, 6.45) is 15.1. The van der Waals surface area contributed by atoms with Gasteiger partial charge in [0, 0.05) is 18.5 Å². The van der Waals surface area contributed by atoms with Gasteiger partial charge < -0.3 is 29.0 Å². The first kappa shape index (κ1) is 36.3. The fourth-order valence-corrected chi connectivity index (χ4v) is 4.05. The molecular weight excluding hydrogens is 466 g/mol. The fourth-order valence-electron chi connectivity index (χ4n) is 4.05. The van der Waals surface area contributed by atoms with E-state index in [9.17, 15) is 0 Å². The average molecular weight is 528 g/mol. The van der Waals surface area contributed by atoms with Crippen LogP contribution in [0.4, 0.5) is 0 Å². The molecule has 0 aliphatic carbocycles. The molecule has 0 aromatic carbocycles. The van der Waals surface area contributed by atoms with Gasteiger partial charge in [-0.15, -0.1) is 0 Å². The molecule has 0 aromatic rings. The number of nitrogens with one attached hydrogen (secondary N) is 1. The van der Waals surface area contributed by atoms with Crippen molar-refractivity contribution in [3.63, 3.8) is 0 Å². The van der Waals surface area contributed by atoms with E-state index in [-0.39, 0.29) is 0 Å². The van der Waals surface area contributed by atoms with Gasteiger partial charge in [0.05, 0.1) is 59.5 Å². The first-order chi connectivity index (χ1) is 18.3. The molecule has 0 bridgehead atoms. The molecule has 0 aromatic heterocycles. The average Bonchev–Trinajstić information content (AvgIpc) is 2.91. The lowest BCUT2D eigenvalue weighted by atomic mass is 9.98. The van der Waals surface area contributed by atoms with Crippen LogP contribution in [0, 0.1) is 17.8 Å². The molecule has 220 valence electrons. The number of rotatable bonds is 29. The molecule has 0 rings (SSSR count). The SMILES string of the molecule is CCCCCC(CCCC)NCCOCCOCCOCCOCCOCC#CC(CCC)CCCC. The molecule has 0 heterocycles. The predicted octanol–water partition coefficient (Wildman–Crippen LogP) is 6.41. The molecular formula is C31H61NO5. The van der Waals surface area contributed by atoms with Crippen molar-refractivity contribution in [1.82, 2.24) is 5.32 Å². The second-order valence-corrected chi connectivity index (χ2v) is 9.74. The van der Waals surface area contributed by atoms with Crippen LogP contribution in [0.5, 0.6) is 0 Å². The summed E-state index contributed by atoms with van der Waals surface area (Å²) >= 11 is 0. The van der Waals surface area contributed by atoms with Crippen LogP contribution in [0.15, 0.2) is 0 Å². The largest absolute Gasteiger partial charge is 0.378 e. The van der Waals surface area contributed by atoms with E-state index in [1.54, 1.807) is 0 Å². The van der Waals surface area contributed by atoms with Crippen LogP contribution in [0.2, 0.25) is 0 Å². The molecule has 0 aliphatic heterocycles. The summed E-state index contributed by atoms with van der Waals surface area (Å²) < 4.78 is 27.9. The van der Waals surface area contributed by atoms with E-state index in [1.807, 2.05) is 0 Å². The number of ether oxygens (including phenoxy) is 5. The van der Waals surface area contributed by atoms with Gasteiger partial charge in [0.2, 0.25) is 0 Å². The molecule has 0 amide bonds. The van der Waals surface area contributed by atoms with E-state index in [1.165, 1.54) is 77.0 Å². The highest BCUT2D eigenvalue weighted by Gasteiger charge is 2.07. The van der Waals surface area contributed by atoms with Gasteiger partial charge >= 0.3 is 0 Å². The molecule has 0 radical (unpaired) electrons. The lowest BCUT2D eigenvalue weighted by molar-refractivity contribution is -0.00900. The summed E-state index contributed by atoms with van der Waals surface area (Å²) in [5.74, 6) is 7.06. The molecule has 2 atom stereocenters. The molecule has 0 saturated heterocycles. The summed E-state index contributed by atoms with van der Waals surface area (Å²) in [7, 11) is 0. The summed E-state index contributed by atoms with van der Waals surface area (Å²) in [4.78, 5) is 0. The van der Waals surface area contributed by atoms with Crippen molar-refractivity contribution in [2.75, 3.05) is 72.6 Å². The molecule has 0 spiro atoms. The second-order valence-electron chi connectivity index (χ2n) is 9.74. The van der Waals surface area contributed by atoms with E-state index in [4.69, 9.17) is 23.7 Å². The van der Waals surface area contributed by atoms with E-state index in [0.717, 1.165) is 13.2 Å². The van der Waals surface area contributed by atoms with E-state index >= 15 is 0 Å². The van der Waals surface area contributed by atoms with Crippen LogP contribution in [-0.4, -0.2) is 78.7 Å². The van der Waals surface area contributed by atoms with Crippen LogP contribution in [0.25, 0.3) is 0 Å². The third kappa shape index (κ3) is 28.2. The Hall–Kier alpha value is -0.680. The van der Waals surface area contributed by atoms with E-state index < -0.39 is 0 Å². The number of unbranched alkanes of at least 4 members (excludes halogenated alkanes) is 4. The van der Waals surface area contributed by atoms with Crippen molar-refractivity contribution in [2.24, 2.45) is 5.92 Å². The van der Waals surface area contributed by atoms with Crippen molar-refractivity contribution in [3.05, 3.63) is 0 Å². The molecule has 0 fully saturated rings. The Bertz CT molecular complexity index is 494. The van der Waals surface area contributed by atoms with Crippen LogP contribution in [-0.2, 0) is 23.7 Å². The summed E-state index contributed by atoms with van der Waals surface area (Å²) in [6.45, 7) is 15.8. The van der Waals surface area contributed by atoms with Gasteiger partial charge in [-0.2, -0.15) is 0 Å². The van der Waals surface area contributed by atoms with Gasteiger partial charge in [-0.1, -0.05) is 90.9 Å². The predicted molar refractivity (Wildman–Crippen MR) is 155 cm³/mol. The maximum Gasteiger partial charge on any atom is 0.107 e. The Morgan fingerprint density at radius 3 is 1.59 bits per heavy atom. The molecule has 37 heavy (non-hydrogen) atoms. The van der Waals surface area contributed by atoms with Crippen molar-refractivity contribution >= 4 is 0 Å². The van der Waals surface area contributed by atoms with Crippen LogP contribution in [0.1, 0.15) is 105 Å². The second kappa shape index (κ2) is 31.5. The van der Waals surface area contributed by atoms with Crippen LogP contribution in [0.3, 0.4) is 0 Å². The third-order valence-corrected chi connectivity index (χ3v) is 6.25. The van der Waals surface area contributed by atoms with Gasteiger partial charge in [0.1, 0.15) is 6.61 Å². The lowest BCUT2D eigenvalue weighted by Crippen LogP contribution is -2.32. The third-order valence-electron chi connectivity index (χ3n) is 6.25. The Kier molecular flexibility index (Phi) is 31.0. The first-order valence-corrected chi connectivity index (χ1v) is 15.4. The fraction of sp³-hybridized carbons (Fsp3) is 0.935. The van der Waals surface area contributed by atoms with E-state index in [0.29, 0.717) is 71.4 Å². The Morgan fingerprint density at radius 1 is 0.514 bits per heavy atom. The van der Waals surface area contributed by atoms with Crippen molar-refractivity contribution in [3.8, 4) is 11.8 Å². The zero-order valence-corrected chi connectivity index (χ0v) is 25.0. The Morgan fingerprint density at radius 2 is 1.03 bits per heavy atom. The minimum atomic E-state index is 0.488. The van der Waals surface area contributed by atoms with Gasteiger partial charge in [-0.3, -0.25) is 0 Å². The normalized spacial score (nSPS) is 12.9. The highest BCUT2D eigenvalue weighted by atomic mass is 16.6. The van der Waals surface area contributed by atoms with Crippen LogP contribution < -0.4 is 5.32 Å². The zero-order chi connectivity index (χ0) is 27.1. The maximum absolute atomic E-state index is 5.69. The molecule has 2 unspecified atom stereocenters. The lowest BCUT2D eigenvalue weighted by Gasteiger charge is -2.18.